The molecule has 88 valence electrons. The molecule has 15 heavy (non-hydrogen) atoms. The van der Waals surface area contributed by atoms with Crippen LogP contribution >= 0.6 is 0 Å². The lowest BCUT2D eigenvalue weighted by atomic mass is 9.85. The number of amides is 1. The molecular weight excluding hydrogens is 196 g/mol. The average molecular weight is 216 g/mol. The van der Waals surface area contributed by atoms with Gasteiger partial charge in [0.05, 0.1) is 6.61 Å². The van der Waals surface area contributed by atoms with Crippen LogP contribution in [0.3, 0.4) is 0 Å². The zero-order chi connectivity index (χ0) is 11.5. The molecule has 0 radical (unpaired) electrons. The molecule has 1 aliphatic rings. The number of nitrogens with one attached hydrogen (secondary N) is 1. The van der Waals surface area contributed by atoms with Crippen LogP contribution in [-0.4, -0.2) is 38.0 Å². The Hall–Kier alpha value is -0.810. The maximum atomic E-state index is 10.8. The van der Waals surface area contributed by atoms with E-state index in [4.69, 9.17) is 15.2 Å². The Morgan fingerprint density at radius 2 is 2.27 bits per heavy atom. The highest BCUT2D eigenvalue weighted by molar-refractivity contribution is 5.64. The number of morpholine rings is 1. The van der Waals surface area contributed by atoms with Gasteiger partial charge in [0.2, 0.25) is 0 Å². The number of rotatable bonds is 2. The lowest BCUT2D eigenvalue weighted by Crippen LogP contribution is -2.52. The van der Waals surface area contributed by atoms with E-state index >= 15 is 0 Å². The molecule has 2 atom stereocenters. The Morgan fingerprint density at radius 1 is 1.60 bits per heavy atom. The Bertz CT molecular complexity index is 219. The molecule has 0 aromatic carbocycles. The van der Waals surface area contributed by atoms with Crippen LogP contribution in [0.5, 0.6) is 0 Å². The third-order valence-corrected chi connectivity index (χ3v) is 2.39. The van der Waals surface area contributed by atoms with Gasteiger partial charge in [-0.05, 0) is 0 Å². The number of hydrogen-bond donors (Lipinski definition) is 2. The van der Waals surface area contributed by atoms with Gasteiger partial charge in [0.1, 0.15) is 12.2 Å². The lowest BCUT2D eigenvalue weighted by Gasteiger charge is -2.37. The van der Waals surface area contributed by atoms with E-state index < -0.39 is 6.09 Å². The van der Waals surface area contributed by atoms with Crippen LogP contribution in [0.4, 0.5) is 4.79 Å². The van der Waals surface area contributed by atoms with Crippen LogP contribution in [-0.2, 0) is 9.47 Å². The van der Waals surface area contributed by atoms with E-state index in [2.05, 4.69) is 5.32 Å². The third-order valence-electron chi connectivity index (χ3n) is 2.39. The summed E-state index contributed by atoms with van der Waals surface area (Å²) < 4.78 is 10.7. The number of carbonyl (C=O) groups excluding carboxylic acids is 1. The fourth-order valence-electron chi connectivity index (χ4n) is 1.72. The average Bonchev–Trinajstić information content (AvgIpc) is 2.14. The number of carbonyl (C=O) groups is 1. The van der Waals surface area contributed by atoms with Crippen molar-refractivity contribution in [2.45, 2.75) is 33.0 Å². The molecule has 0 bridgehead atoms. The maximum Gasteiger partial charge on any atom is 0.404 e. The van der Waals surface area contributed by atoms with Gasteiger partial charge in [0, 0.05) is 18.5 Å². The van der Waals surface area contributed by atoms with E-state index in [9.17, 15) is 4.79 Å². The van der Waals surface area contributed by atoms with Gasteiger partial charge in [-0.1, -0.05) is 20.8 Å². The van der Waals surface area contributed by atoms with Crippen LogP contribution in [0.2, 0.25) is 0 Å². The fourth-order valence-corrected chi connectivity index (χ4v) is 1.72. The molecule has 1 fully saturated rings. The minimum Gasteiger partial charge on any atom is -0.443 e. The van der Waals surface area contributed by atoms with Crippen molar-refractivity contribution >= 4 is 6.09 Å². The standard InChI is InChI=1S/C10H20N2O3/c1-10(2,3)8(15-9(11)13)7-6-12-4-5-14-7/h7-8,12H,4-6H2,1-3H3,(H2,11,13)/t7?,8-/m0/s1. The molecule has 5 nitrogen and oxygen atoms in total. The van der Waals surface area contributed by atoms with Gasteiger partial charge in [0.15, 0.2) is 0 Å². The Labute approximate surface area is 90.3 Å². The molecular formula is C10H20N2O3. The van der Waals surface area contributed by atoms with Gasteiger partial charge in [0.25, 0.3) is 0 Å². The molecule has 0 aliphatic carbocycles. The second-order valence-electron chi connectivity index (χ2n) is 4.84. The molecule has 3 N–H and O–H groups in total. The predicted octanol–water partition coefficient (Wildman–Crippen LogP) is 0.485. The molecule has 1 heterocycles. The Kier molecular flexibility index (Phi) is 3.93. The first-order valence-electron chi connectivity index (χ1n) is 5.19. The van der Waals surface area contributed by atoms with E-state index in [0.29, 0.717) is 13.2 Å². The minimum atomic E-state index is -0.746. The van der Waals surface area contributed by atoms with E-state index in [1.165, 1.54) is 0 Å². The van der Waals surface area contributed by atoms with Crippen LogP contribution in [0, 0.1) is 5.41 Å². The molecule has 0 saturated carbocycles. The zero-order valence-electron chi connectivity index (χ0n) is 9.58. The van der Waals surface area contributed by atoms with Gasteiger partial charge in [-0.15, -0.1) is 0 Å². The largest absolute Gasteiger partial charge is 0.443 e. The quantitative estimate of drug-likeness (QED) is 0.704. The van der Waals surface area contributed by atoms with Gasteiger partial charge >= 0.3 is 6.09 Å². The molecule has 0 spiro atoms. The van der Waals surface area contributed by atoms with Crippen molar-refractivity contribution in [2.24, 2.45) is 11.1 Å². The topological polar surface area (TPSA) is 73.6 Å². The molecule has 1 unspecified atom stereocenters. The van der Waals surface area contributed by atoms with Crippen molar-refractivity contribution in [2.75, 3.05) is 19.7 Å². The van der Waals surface area contributed by atoms with E-state index in [1.54, 1.807) is 0 Å². The molecule has 5 heteroatoms. The van der Waals surface area contributed by atoms with Crippen LogP contribution in [0.25, 0.3) is 0 Å². The summed E-state index contributed by atoms with van der Waals surface area (Å²) in [6.45, 7) is 8.16. The normalized spacial score (nSPS) is 24.6. The second kappa shape index (κ2) is 4.81. The van der Waals surface area contributed by atoms with E-state index in [-0.39, 0.29) is 17.6 Å². The third kappa shape index (κ3) is 3.68. The summed E-state index contributed by atoms with van der Waals surface area (Å²) in [5.74, 6) is 0. The van der Waals surface area contributed by atoms with Crippen molar-refractivity contribution in [3.8, 4) is 0 Å². The highest BCUT2D eigenvalue weighted by atomic mass is 16.6. The highest BCUT2D eigenvalue weighted by Crippen LogP contribution is 2.27. The van der Waals surface area contributed by atoms with Gasteiger partial charge in [-0.25, -0.2) is 4.79 Å². The maximum absolute atomic E-state index is 10.8. The first-order valence-corrected chi connectivity index (χ1v) is 5.19. The van der Waals surface area contributed by atoms with Crippen molar-refractivity contribution in [1.29, 1.82) is 0 Å². The molecule has 1 rings (SSSR count). The van der Waals surface area contributed by atoms with Crippen molar-refractivity contribution < 1.29 is 14.3 Å². The fraction of sp³-hybridized carbons (Fsp3) is 0.900. The summed E-state index contributed by atoms with van der Waals surface area (Å²) in [5, 5.41) is 3.20. The highest BCUT2D eigenvalue weighted by Gasteiger charge is 2.36. The number of nitrogens with two attached hydrogens (primary N) is 1. The summed E-state index contributed by atoms with van der Waals surface area (Å²) in [5.41, 5.74) is 4.88. The van der Waals surface area contributed by atoms with Crippen LogP contribution in [0.1, 0.15) is 20.8 Å². The summed E-state index contributed by atoms with van der Waals surface area (Å²) in [7, 11) is 0. The monoisotopic (exact) mass is 216 g/mol. The Balaban J connectivity index is 2.66. The van der Waals surface area contributed by atoms with Crippen molar-refractivity contribution in [1.82, 2.24) is 5.32 Å². The molecule has 1 aliphatic heterocycles. The minimum absolute atomic E-state index is 0.119. The molecule has 0 aromatic heterocycles. The SMILES string of the molecule is CC(C)(C)[C@@H](OC(N)=O)C1CNCCO1. The van der Waals surface area contributed by atoms with Crippen molar-refractivity contribution in [3.63, 3.8) is 0 Å². The summed E-state index contributed by atoms with van der Waals surface area (Å²) >= 11 is 0. The van der Waals surface area contributed by atoms with Gasteiger partial charge in [-0.3, -0.25) is 0 Å². The van der Waals surface area contributed by atoms with Crippen LogP contribution in [0.15, 0.2) is 0 Å². The van der Waals surface area contributed by atoms with E-state index in [1.807, 2.05) is 20.8 Å². The molecule has 1 saturated heterocycles. The Morgan fingerprint density at radius 3 is 2.67 bits per heavy atom. The van der Waals surface area contributed by atoms with Gasteiger partial charge < -0.3 is 20.5 Å². The van der Waals surface area contributed by atoms with Gasteiger partial charge in [-0.2, -0.15) is 0 Å². The second-order valence-corrected chi connectivity index (χ2v) is 4.84. The summed E-state index contributed by atoms with van der Waals surface area (Å²) in [6.07, 6.45) is -1.18. The lowest BCUT2D eigenvalue weighted by molar-refractivity contribution is -0.0945. The number of primary amides is 1. The first kappa shape index (κ1) is 12.3. The predicted molar refractivity (Wildman–Crippen MR) is 56.5 cm³/mol. The van der Waals surface area contributed by atoms with E-state index in [0.717, 1.165) is 6.54 Å². The smallest absolute Gasteiger partial charge is 0.404 e. The van der Waals surface area contributed by atoms with Crippen molar-refractivity contribution in [3.05, 3.63) is 0 Å². The summed E-state index contributed by atoms with van der Waals surface area (Å²) in [6, 6.07) is 0. The number of ether oxygens (including phenoxy) is 2. The summed E-state index contributed by atoms with van der Waals surface area (Å²) in [4.78, 5) is 10.8. The van der Waals surface area contributed by atoms with Crippen LogP contribution < -0.4 is 11.1 Å². The first-order chi connectivity index (χ1) is 6.91. The molecule has 1 amide bonds. The number of hydrogen-bond acceptors (Lipinski definition) is 4. The molecule has 0 aromatic rings. The zero-order valence-corrected chi connectivity index (χ0v) is 9.58.